The molecule has 0 amide bonds. The molecule has 0 aliphatic heterocycles. The van der Waals surface area contributed by atoms with Crippen LogP contribution in [0.2, 0.25) is 0 Å². The van der Waals surface area contributed by atoms with Crippen LogP contribution in [-0.2, 0) is 4.79 Å². The molecule has 0 aromatic carbocycles. The summed E-state index contributed by atoms with van der Waals surface area (Å²) < 4.78 is 0. The average molecular weight is 152 g/mol. The van der Waals surface area contributed by atoms with E-state index in [0.29, 0.717) is 11.0 Å². The molecule has 0 aromatic heterocycles. The van der Waals surface area contributed by atoms with E-state index in [2.05, 4.69) is 0 Å². The molecule has 0 radical (unpaired) electrons. The lowest BCUT2D eigenvalue weighted by atomic mass is 9.70. The third-order valence-electron chi connectivity index (χ3n) is 2.90. The standard InChI is InChI=1S/C9H12O2/c10-8(11)7-5-9(6-7)3-1-2-4-9/h5H,1-4,6H2,(H,10,11). The van der Waals surface area contributed by atoms with Crippen LogP contribution in [0.4, 0.5) is 0 Å². The summed E-state index contributed by atoms with van der Waals surface area (Å²) in [5, 5.41) is 8.61. The van der Waals surface area contributed by atoms with Crippen LogP contribution in [0.25, 0.3) is 0 Å². The van der Waals surface area contributed by atoms with E-state index in [0.717, 1.165) is 6.42 Å². The Hall–Kier alpha value is -0.790. The van der Waals surface area contributed by atoms with Gasteiger partial charge in [0.25, 0.3) is 0 Å². The van der Waals surface area contributed by atoms with Gasteiger partial charge in [-0.15, -0.1) is 0 Å². The number of carboxylic acids is 1. The molecule has 1 fully saturated rings. The first kappa shape index (κ1) is 6.89. The van der Waals surface area contributed by atoms with Gasteiger partial charge in [0, 0.05) is 5.57 Å². The first-order chi connectivity index (χ1) is 5.22. The predicted molar refractivity (Wildman–Crippen MR) is 41.2 cm³/mol. The second-order valence-corrected chi connectivity index (χ2v) is 3.72. The third kappa shape index (κ3) is 0.971. The summed E-state index contributed by atoms with van der Waals surface area (Å²) in [7, 11) is 0. The van der Waals surface area contributed by atoms with Gasteiger partial charge in [-0.05, 0) is 24.7 Å². The van der Waals surface area contributed by atoms with E-state index in [1.54, 1.807) is 0 Å². The maximum atomic E-state index is 10.5. The summed E-state index contributed by atoms with van der Waals surface area (Å²) in [5.41, 5.74) is 0.958. The summed E-state index contributed by atoms with van der Waals surface area (Å²) in [6.45, 7) is 0. The minimum atomic E-state index is -0.720. The van der Waals surface area contributed by atoms with Gasteiger partial charge in [-0.2, -0.15) is 0 Å². The average Bonchev–Trinajstić information content (AvgIpc) is 2.29. The minimum absolute atomic E-state index is 0.327. The highest BCUT2D eigenvalue weighted by Crippen LogP contribution is 2.51. The number of hydrogen-bond donors (Lipinski definition) is 1. The SMILES string of the molecule is O=C(O)C1=CC2(CCCC2)C1. The smallest absolute Gasteiger partial charge is 0.331 e. The normalized spacial score (nSPS) is 26.4. The molecule has 2 aliphatic carbocycles. The van der Waals surface area contributed by atoms with Crippen LogP contribution in [0.3, 0.4) is 0 Å². The van der Waals surface area contributed by atoms with Gasteiger partial charge in [-0.1, -0.05) is 18.9 Å². The van der Waals surface area contributed by atoms with E-state index >= 15 is 0 Å². The van der Waals surface area contributed by atoms with Crippen LogP contribution in [-0.4, -0.2) is 11.1 Å². The van der Waals surface area contributed by atoms with E-state index < -0.39 is 5.97 Å². The Labute approximate surface area is 65.9 Å². The van der Waals surface area contributed by atoms with Crippen molar-refractivity contribution < 1.29 is 9.90 Å². The molecule has 1 saturated carbocycles. The zero-order valence-electron chi connectivity index (χ0n) is 6.47. The quantitative estimate of drug-likeness (QED) is 0.623. The van der Waals surface area contributed by atoms with Gasteiger partial charge in [-0.3, -0.25) is 0 Å². The fourth-order valence-electron chi connectivity index (χ4n) is 2.26. The largest absolute Gasteiger partial charge is 0.478 e. The molecular weight excluding hydrogens is 140 g/mol. The Morgan fingerprint density at radius 3 is 2.45 bits per heavy atom. The first-order valence-electron chi connectivity index (χ1n) is 4.17. The van der Waals surface area contributed by atoms with Gasteiger partial charge in [0.2, 0.25) is 0 Å². The fourth-order valence-corrected chi connectivity index (χ4v) is 2.26. The van der Waals surface area contributed by atoms with E-state index in [4.69, 9.17) is 5.11 Å². The third-order valence-corrected chi connectivity index (χ3v) is 2.90. The second-order valence-electron chi connectivity index (χ2n) is 3.72. The van der Waals surface area contributed by atoms with E-state index in [9.17, 15) is 4.79 Å². The molecule has 0 saturated heterocycles. The van der Waals surface area contributed by atoms with Crippen molar-refractivity contribution in [3.63, 3.8) is 0 Å². The highest BCUT2D eigenvalue weighted by Gasteiger charge is 2.41. The van der Waals surface area contributed by atoms with Crippen LogP contribution in [0.5, 0.6) is 0 Å². The lowest BCUT2D eigenvalue weighted by Crippen LogP contribution is -2.27. The molecule has 2 heteroatoms. The zero-order chi connectivity index (χ0) is 7.90. The topological polar surface area (TPSA) is 37.3 Å². The van der Waals surface area contributed by atoms with Gasteiger partial charge in [-0.25, -0.2) is 4.79 Å². The molecule has 0 bridgehead atoms. The van der Waals surface area contributed by atoms with E-state index in [-0.39, 0.29) is 0 Å². The van der Waals surface area contributed by atoms with Crippen molar-refractivity contribution >= 4 is 5.97 Å². The summed E-state index contributed by atoms with van der Waals surface area (Å²) in [4.78, 5) is 10.5. The van der Waals surface area contributed by atoms with Gasteiger partial charge in [0.05, 0.1) is 0 Å². The lowest BCUT2D eigenvalue weighted by molar-refractivity contribution is -0.133. The lowest BCUT2D eigenvalue weighted by Gasteiger charge is -2.34. The van der Waals surface area contributed by atoms with Crippen molar-refractivity contribution in [2.24, 2.45) is 5.41 Å². The van der Waals surface area contributed by atoms with Crippen LogP contribution >= 0.6 is 0 Å². The Morgan fingerprint density at radius 1 is 1.45 bits per heavy atom. The van der Waals surface area contributed by atoms with Gasteiger partial charge in [0.15, 0.2) is 0 Å². The Bertz CT molecular complexity index is 222. The van der Waals surface area contributed by atoms with Gasteiger partial charge >= 0.3 is 5.97 Å². The number of rotatable bonds is 1. The van der Waals surface area contributed by atoms with Crippen molar-refractivity contribution in [3.05, 3.63) is 11.6 Å². The first-order valence-corrected chi connectivity index (χ1v) is 4.17. The maximum absolute atomic E-state index is 10.5. The molecule has 1 spiro atoms. The molecule has 11 heavy (non-hydrogen) atoms. The molecule has 0 atom stereocenters. The Kier molecular flexibility index (Phi) is 1.31. The molecule has 2 rings (SSSR count). The molecule has 2 aliphatic rings. The molecule has 0 aromatic rings. The van der Waals surface area contributed by atoms with Gasteiger partial charge in [0.1, 0.15) is 0 Å². The monoisotopic (exact) mass is 152 g/mol. The fraction of sp³-hybridized carbons (Fsp3) is 0.667. The molecular formula is C9H12O2. The van der Waals surface area contributed by atoms with E-state index in [1.165, 1.54) is 25.7 Å². The molecule has 2 nitrogen and oxygen atoms in total. The summed E-state index contributed by atoms with van der Waals surface area (Å²) in [6.07, 6.45) is 7.78. The van der Waals surface area contributed by atoms with Crippen molar-refractivity contribution in [2.45, 2.75) is 32.1 Å². The zero-order valence-corrected chi connectivity index (χ0v) is 6.47. The van der Waals surface area contributed by atoms with Crippen molar-refractivity contribution in [2.75, 3.05) is 0 Å². The van der Waals surface area contributed by atoms with Crippen LogP contribution in [0.1, 0.15) is 32.1 Å². The predicted octanol–water partition coefficient (Wildman–Crippen LogP) is 1.96. The molecule has 0 heterocycles. The van der Waals surface area contributed by atoms with E-state index in [1.807, 2.05) is 6.08 Å². The van der Waals surface area contributed by atoms with Gasteiger partial charge < -0.3 is 5.11 Å². The number of aliphatic carboxylic acids is 1. The second kappa shape index (κ2) is 2.10. The maximum Gasteiger partial charge on any atom is 0.331 e. The van der Waals surface area contributed by atoms with Crippen molar-refractivity contribution in [3.8, 4) is 0 Å². The number of carbonyl (C=O) groups is 1. The number of allylic oxidation sites excluding steroid dienone is 1. The highest BCUT2D eigenvalue weighted by atomic mass is 16.4. The van der Waals surface area contributed by atoms with Crippen LogP contribution in [0, 0.1) is 5.41 Å². The highest BCUT2D eigenvalue weighted by molar-refractivity contribution is 5.88. The summed E-state index contributed by atoms with van der Waals surface area (Å²) in [6, 6.07) is 0. The van der Waals surface area contributed by atoms with Crippen LogP contribution < -0.4 is 0 Å². The van der Waals surface area contributed by atoms with Crippen molar-refractivity contribution in [1.29, 1.82) is 0 Å². The summed E-state index contributed by atoms with van der Waals surface area (Å²) >= 11 is 0. The Balaban J connectivity index is 2.09. The summed E-state index contributed by atoms with van der Waals surface area (Å²) in [5.74, 6) is -0.720. The minimum Gasteiger partial charge on any atom is -0.478 e. The number of hydrogen-bond acceptors (Lipinski definition) is 1. The molecule has 1 N–H and O–H groups in total. The van der Waals surface area contributed by atoms with Crippen molar-refractivity contribution in [1.82, 2.24) is 0 Å². The van der Waals surface area contributed by atoms with Crippen LogP contribution in [0.15, 0.2) is 11.6 Å². The number of carboxylic acid groups (broad SMARTS) is 1. The molecule has 60 valence electrons. The molecule has 0 unspecified atom stereocenters. The Morgan fingerprint density at radius 2 is 2.00 bits per heavy atom.